The molecule has 1 aromatic carbocycles. The Morgan fingerprint density at radius 1 is 0.964 bits per heavy atom. The summed E-state index contributed by atoms with van der Waals surface area (Å²) in [5.74, 6) is -0.210. The van der Waals surface area contributed by atoms with Gasteiger partial charge in [-0.25, -0.2) is 9.97 Å². The SMILES string of the molecule is Cc1cc(C)nc(NN2C(=O)C[C@@H](N3CCN(c4ccccc4)CC3)C2=O)n1. The number of carbonyl (C=O) groups excluding carboxylic acids is 2. The van der Waals surface area contributed by atoms with E-state index in [1.807, 2.05) is 38.1 Å². The number of carbonyl (C=O) groups is 2. The van der Waals surface area contributed by atoms with Crippen molar-refractivity contribution in [3.63, 3.8) is 0 Å². The molecule has 2 aromatic rings. The highest BCUT2D eigenvalue weighted by Crippen LogP contribution is 2.23. The van der Waals surface area contributed by atoms with Crippen LogP contribution in [-0.4, -0.2) is 63.9 Å². The molecule has 2 saturated heterocycles. The van der Waals surface area contributed by atoms with E-state index in [-0.39, 0.29) is 24.2 Å². The summed E-state index contributed by atoms with van der Waals surface area (Å²) in [4.78, 5) is 38.2. The van der Waals surface area contributed by atoms with Crippen molar-refractivity contribution in [1.82, 2.24) is 19.9 Å². The van der Waals surface area contributed by atoms with Crippen LogP contribution in [0.1, 0.15) is 17.8 Å². The van der Waals surface area contributed by atoms with Crippen LogP contribution in [0.5, 0.6) is 0 Å². The fourth-order valence-corrected chi connectivity index (χ4v) is 3.83. The number of imide groups is 1. The Morgan fingerprint density at radius 2 is 1.61 bits per heavy atom. The van der Waals surface area contributed by atoms with E-state index >= 15 is 0 Å². The van der Waals surface area contributed by atoms with Crippen molar-refractivity contribution in [2.24, 2.45) is 0 Å². The molecule has 0 saturated carbocycles. The zero-order chi connectivity index (χ0) is 19.7. The van der Waals surface area contributed by atoms with Gasteiger partial charge in [0.2, 0.25) is 11.9 Å². The van der Waals surface area contributed by atoms with Gasteiger partial charge in [0.05, 0.1) is 6.42 Å². The lowest BCUT2D eigenvalue weighted by atomic mass is 10.1. The Hall–Kier alpha value is -3.00. The fraction of sp³-hybridized carbons (Fsp3) is 0.400. The average Bonchev–Trinajstić information content (AvgIpc) is 2.96. The number of hydrazine groups is 1. The van der Waals surface area contributed by atoms with Crippen molar-refractivity contribution >= 4 is 23.5 Å². The third-order valence-electron chi connectivity index (χ3n) is 5.19. The molecule has 0 bridgehead atoms. The number of para-hydroxylation sites is 1. The Bertz CT molecular complexity index is 859. The molecule has 2 aliphatic rings. The second-order valence-corrected chi connectivity index (χ2v) is 7.23. The molecule has 146 valence electrons. The zero-order valence-electron chi connectivity index (χ0n) is 16.1. The van der Waals surface area contributed by atoms with E-state index in [4.69, 9.17) is 0 Å². The molecule has 2 fully saturated rings. The number of aryl methyl sites for hydroxylation is 2. The minimum atomic E-state index is -0.427. The molecule has 0 aliphatic carbocycles. The summed E-state index contributed by atoms with van der Waals surface area (Å²) < 4.78 is 0. The maximum absolute atomic E-state index is 12.9. The van der Waals surface area contributed by atoms with Crippen molar-refractivity contribution in [2.75, 3.05) is 36.5 Å². The number of hydrogen-bond acceptors (Lipinski definition) is 7. The molecule has 3 heterocycles. The van der Waals surface area contributed by atoms with Gasteiger partial charge >= 0.3 is 0 Å². The first-order valence-electron chi connectivity index (χ1n) is 9.51. The Balaban J connectivity index is 1.40. The van der Waals surface area contributed by atoms with E-state index in [9.17, 15) is 9.59 Å². The highest BCUT2D eigenvalue weighted by atomic mass is 16.2. The van der Waals surface area contributed by atoms with Crippen LogP contribution in [0.15, 0.2) is 36.4 Å². The van der Waals surface area contributed by atoms with Crippen molar-refractivity contribution in [2.45, 2.75) is 26.3 Å². The second kappa shape index (κ2) is 7.55. The first-order valence-corrected chi connectivity index (χ1v) is 9.51. The van der Waals surface area contributed by atoms with Crippen LogP contribution in [0.3, 0.4) is 0 Å². The van der Waals surface area contributed by atoms with Gasteiger partial charge in [-0.3, -0.25) is 19.9 Å². The zero-order valence-corrected chi connectivity index (χ0v) is 16.1. The molecule has 8 heteroatoms. The van der Waals surface area contributed by atoms with E-state index < -0.39 is 6.04 Å². The van der Waals surface area contributed by atoms with Gasteiger partial charge in [-0.15, -0.1) is 0 Å². The molecule has 0 spiro atoms. The molecule has 1 N–H and O–H groups in total. The molecule has 1 atom stereocenters. The van der Waals surface area contributed by atoms with Crippen LogP contribution in [0.2, 0.25) is 0 Å². The van der Waals surface area contributed by atoms with Gasteiger partial charge in [0.15, 0.2) is 0 Å². The van der Waals surface area contributed by atoms with Crippen LogP contribution in [-0.2, 0) is 9.59 Å². The standard InChI is InChI=1S/C20H24N6O2/c1-14-12-15(2)22-20(21-14)23-26-18(27)13-17(19(26)28)25-10-8-24(9-11-25)16-6-4-3-5-7-16/h3-7,12,17H,8-11,13H2,1-2H3,(H,21,22,23)/t17-/m1/s1. The highest BCUT2D eigenvalue weighted by Gasteiger charge is 2.43. The lowest BCUT2D eigenvalue weighted by Crippen LogP contribution is -2.53. The first kappa shape index (κ1) is 18.4. The molecule has 2 aliphatic heterocycles. The van der Waals surface area contributed by atoms with E-state index in [0.717, 1.165) is 42.6 Å². The molecule has 1 aromatic heterocycles. The predicted molar refractivity (Wildman–Crippen MR) is 106 cm³/mol. The van der Waals surface area contributed by atoms with Gasteiger partial charge < -0.3 is 4.90 Å². The van der Waals surface area contributed by atoms with Crippen molar-refractivity contribution in [3.05, 3.63) is 47.8 Å². The number of rotatable bonds is 4. The van der Waals surface area contributed by atoms with Crippen LogP contribution in [0.25, 0.3) is 0 Å². The summed E-state index contributed by atoms with van der Waals surface area (Å²) in [5.41, 5.74) is 5.55. The van der Waals surface area contributed by atoms with Crippen molar-refractivity contribution in [3.8, 4) is 0 Å². The Labute approximate surface area is 164 Å². The van der Waals surface area contributed by atoms with Crippen LogP contribution in [0.4, 0.5) is 11.6 Å². The lowest BCUT2D eigenvalue weighted by Gasteiger charge is -2.38. The number of anilines is 2. The van der Waals surface area contributed by atoms with Gasteiger partial charge in [0, 0.05) is 43.3 Å². The molecular formula is C20H24N6O2. The van der Waals surface area contributed by atoms with E-state index in [1.54, 1.807) is 0 Å². The number of piperazine rings is 1. The smallest absolute Gasteiger partial charge is 0.266 e. The summed E-state index contributed by atoms with van der Waals surface area (Å²) in [6.45, 7) is 6.84. The minimum absolute atomic E-state index is 0.183. The maximum atomic E-state index is 12.9. The average molecular weight is 380 g/mol. The van der Waals surface area contributed by atoms with Gasteiger partial charge in [-0.1, -0.05) is 18.2 Å². The van der Waals surface area contributed by atoms with E-state index in [0.29, 0.717) is 0 Å². The normalized spacial score (nSPS) is 20.7. The van der Waals surface area contributed by atoms with E-state index in [1.165, 1.54) is 5.69 Å². The third-order valence-corrected chi connectivity index (χ3v) is 5.19. The Kier molecular flexibility index (Phi) is 4.95. The molecule has 28 heavy (non-hydrogen) atoms. The largest absolute Gasteiger partial charge is 0.369 e. The molecule has 0 radical (unpaired) electrons. The Morgan fingerprint density at radius 3 is 2.25 bits per heavy atom. The number of nitrogens with one attached hydrogen (secondary N) is 1. The van der Waals surface area contributed by atoms with E-state index in [2.05, 4.69) is 37.3 Å². The van der Waals surface area contributed by atoms with Gasteiger partial charge in [0.1, 0.15) is 6.04 Å². The number of aromatic nitrogens is 2. The number of amides is 2. The van der Waals surface area contributed by atoms with Gasteiger partial charge in [0.25, 0.3) is 5.91 Å². The topological polar surface area (TPSA) is 81.7 Å². The molecule has 2 amide bonds. The summed E-state index contributed by atoms with van der Waals surface area (Å²) >= 11 is 0. The van der Waals surface area contributed by atoms with Gasteiger partial charge in [-0.2, -0.15) is 5.01 Å². The third kappa shape index (κ3) is 3.68. The van der Waals surface area contributed by atoms with Crippen LogP contribution < -0.4 is 10.3 Å². The lowest BCUT2D eigenvalue weighted by molar-refractivity contribution is -0.138. The summed E-state index contributed by atoms with van der Waals surface area (Å²) in [5, 5.41) is 1.07. The quantitative estimate of drug-likeness (QED) is 0.802. The second-order valence-electron chi connectivity index (χ2n) is 7.23. The van der Waals surface area contributed by atoms with Crippen molar-refractivity contribution in [1.29, 1.82) is 0 Å². The monoisotopic (exact) mass is 380 g/mol. The highest BCUT2D eigenvalue weighted by molar-refractivity contribution is 6.06. The number of nitrogens with zero attached hydrogens (tertiary/aromatic N) is 5. The van der Waals surface area contributed by atoms with Gasteiger partial charge in [-0.05, 0) is 32.0 Å². The molecule has 8 nitrogen and oxygen atoms in total. The minimum Gasteiger partial charge on any atom is -0.369 e. The summed E-state index contributed by atoms with van der Waals surface area (Å²) in [7, 11) is 0. The predicted octanol–water partition coefficient (Wildman–Crippen LogP) is 1.37. The molecule has 4 rings (SSSR count). The first-order chi connectivity index (χ1) is 13.5. The van der Waals surface area contributed by atoms with Crippen LogP contribution >= 0.6 is 0 Å². The summed E-state index contributed by atoms with van der Waals surface area (Å²) in [6, 6.07) is 11.7. The fourth-order valence-electron chi connectivity index (χ4n) is 3.83. The maximum Gasteiger partial charge on any atom is 0.266 e. The summed E-state index contributed by atoms with van der Waals surface area (Å²) in [6.07, 6.45) is 0.183. The number of hydrogen-bond donors (Lipinski definition) is 1. The number of benzene rings is 1. The molecule has 0 unspecified atom stereocenters. The van der Waals surface area contributed by atoms with Crippen molar-refractivity contribution < 1.29 is 9.59 Å². The van der Waals surface area contributed by atoms with Crippen LogP contribution in [0, 0.1) is 13.8 Å². The molecular weight excluding hydrogens is 356 g/mol.